The van der Waals surface area contributed by atoms with Crippen molar-refractivity contribution in [2.45, 2.75) is 19.4 Å². The van der Waals surface area contributed by atoms with Gasteiger partial charge in [0.1, 0.15) is 0 Å². The van der Waals surface area contributed by atoms with Crippen LogP contribution in [0.4, 0.5) is 0 Å². The minimum atomic E-state index is -0.0843. The molecule has 6 heteroatoms. The van der Waals surface area contributed by atoms with Gasteiger partial charge in [0.05, 0.1) is 24.6 Å². The third-order valence-corrected chi connectivity index (χ3v) is 3.61. The standard InChI is InChI=1S/C15H18N4O2/c1-2-13-10-18(8-9-21-13)15(20)14-11-19(17-16-14)12-6-4-3-5-7-12/h3-7,11,13H,2,8-10H2,1H3/t13-/m0/s1. The Morgan fingerprint density at radius 1 is 1.38 bits per heavy atom. The molecule has 1 saturated heterocycles. The van der Waals surface area contributed by atoms with Crippen LogP contribution < -0.4 is 0 Å². The average Bonchev–Trinajstić information content (AvgIpc) is 3.05. The van der Waals surface area contributed by atoms with Crippen molar-refractivity contribution in [1.82, 2.24) is 19.9 Å². The highest BCUT2D eigenvalue weighted by molar-refractivity contribution is 5.92. The minimum Gasteiger partial charge on any atom is -0.375 e. The molecule has 0 aliphatic carbocycles. The number of nitrogens with zero attached hydrogens (tertiary/aromatic N) is 4. The van der Waals surface area contributed by atoms with Crippen molar-refractivity contribution in [2.24, 2.45) is 0 Å². The Morgan fingerprint density at radius 2 is 2.19 bits per heavy atom. The third-order valence-electron chi connectivity index (χ3n) is 3.61. The van der Waals surface area contributed by atoms with Crippen molar-refractivity contribution >= 4 is 5.91 Å². The maximum Gasteiger partial charge on any atom is 0.276 e. The van der Waals surface area contributed by atoms with Gasteiger partial charge in [0.2, 0.25) is 0 Å². The molecule has 2 heterocycles. The molecule has 1 fully saturated rings. The molecule has 0 saturated carbocycles. The van der Waals surface area contributed by atoms with E-state index in [1.807, 2.05) is 30.3 Å². The SMILES string of the molecule is CC[C@H]1CN(C(=O)c2cn(-c3ccccc3)nn2)CCO1. The summed E-state index contributed by atoms with van der Waals surface area (Å²) < 4.78 is 7.20. The van der Waals surface area contributed by atoms with Crippen LogP contribution in [-0.4, -0.2) is 51.6 Å². The largest absolute Gasteiger partial charge is 0.375 e. The first-order chi connectivity index (χ1) is 10.3. The van der Waals surface area contributed by atoms with Crippen molar-refractivity contribution in [1.29, 1.82) is 0 Å². The van der Waals surface area contributed by atoms with E-state index in [9.17, 15) is 4.79 Å². The van der Waals surface area contributed by atoms with E-state index in [2.05, 4.69) is 17.2 Å². The van der Waals surface area contributed by atoms with E-state index in [1.165, 1.54) is 0 Å². The van der Waals surface area contributed by atoms with E-state index in [0.29, 0.717) is 25.4 Å². The van der Waals surface area contributed by atoms with Crippen LogP contribution >= 0.6 is 0 Å². The van der Waals surface area contributed by atoms with Gasteiger partial charge in [0.25, 0.3) is 5.91 Å². The predicted molar refractivity (Wildman–Crippen MR) is 77.3 cm³/mol. The molecule has 0 unspecified atom stereocenters. The summed E-state index contributed by atoms with van der Waals surface area (Å²) in [7, 11) is 0. The lowest BCUT2D eigenvalue weighted by Gasteiger charge is -2.31. The van der Waals surface area contributed by atoms with Gasteiger partial charge >= 0.3 is 0 Å². The van der Waals surface area contributed by atoms with E-state index in [1.54, 1.807) is 15.8 Å². The molecule has 1 aliphatic rings. The summed E-state index contributed by atoms with van der Waals surface area (Å²) in [4.78, 5) is 14.2. The second kappa shape index (κ2) is 6.05. The highest BCUT2D eigenvalue weighted by Crippen LogP contribution is 2.12. The number of benzene rings is 1. The second-order valence-electron chi connectivity index (χ2n) is 5.04. The van der Waals surface area contributed by atoms with Gasteiger partial charge in [0, 0.05) is 13.1 Å². The van der Waals surface area contributed by atoms with Crippen molar-refractivity contribution in [3.05, 3.63) is 42.2 Å². The summed E-state index contributed by atoms with van der Waals surface area (Å²) in [5, 5.41) is 8.03. The lowest BCUT2D eigenvalue weighted by Crippen LogP contribution is -2.45. The molecule has 1 atom stereocenters. The zero-order valence-electron chi connectivity index (χ0n) is 12.0. The molecule has 1 aromatic heterocycles. The zero-order chi connectivity index (χ0) is 14.7. The predicted octanol–water partition coefficient (Wildman–Crippen LogP) is 1.52. The van der Waals surface area contributed by atoms with Gasteiger partial charge in [-0.2, -0.15) is 0 Å². The number of carbonyl (C=O) groups is 1. The monoisotopic (exact) mass is 286 g/mol. The first-order valence-corrected chi connectivity index (χ1v) is 7.16. The molecule has 1 aromatic carbocycles. The number of rotatable bonds is 3. The van der Waals surface area contributed by atoms with Gasteiger partial charge in [-0.15, -0.1) is 5.10 Å². The molecular formula is C15H18N4O2. The second-order valence-corrected chi connectivity index (χ2v) is 5.04. The average molecular weight is 286 g/mol. The van der Waals surface area contributed by atoms with Crippen LogP contribution in [0.3, 0.4) is 0 Å². The van der Waals surface area contributed by atoms with Crippen LogP contribution in [0.2, 0.25) is 0 Å². The maximum atomic E-state index is 12.5. The lowest BCUT2D eigenvalue weighted by atomic mass is 10.2. The smallest absolute Gasteiger partial charge is 0.276 e. The third kappa shape index (κ3) is 2.95. The minimum absolute atomic E-state index is 0.0843. The summed E-state index contributed by atoms with van der Waals surface area (Å²) in [5.74, 6) is -0.0843. The molecule has 2 aromatic rings. The van der Waals surface area contributed by atoms with Crippen LogP contribution in [-0.2, 0) is 4.74 Å². The fourth-order valence-electron chi connectivity index (χ4n) is 2.38. The number of carbonyl (C=O) groups excluding carboxylic acids is 1. The van der Waals surface area contributed by atoms with E-state index in [0.717, 1.165) is 12.1 Å². The van der Waals surface area contributed by atoms with Crippen LogP contribution in [0.1, 0.15) is 23.8 Å². The highest BCUT2D eigenvalue weighted by Gasteiger charge is 2.25. The van der Waals surface area contributed by atoms with Gasteiger partial charge in [-0.25, -0.2) is 4.68 Å². The van der Waals surface area contributed by atoms with E-state index in [-0.39, 0.29) is 12.0 Å². The Bertz CT molecular complexity index is 611. The Morgan fingerprint density at radius 3 is 2.95 bits per heavy atom. The summed E-state index contributed by atoms with van der Waals surface area (Å²) in [6.07, 6.45) is 2.70. The van der Waals surface area contributed by atoms with Crippen LogP contribution in [0, 0.1) is 0 Å². The van der Waals surface area contributed by atoms with Gasteiger partial charge in [-0.1, -0.05) is 30.3 Å². The summed E-state index contributed by atoms with van der Waals surface area (Å²) in [6.45, 7) is 3.86. The molecule has 3 rings (SSSR count). The van der Waals surface area contributed by atoms with Crippen molar-refractivity contribution in [3.8, 4) is 5.69 Å². The molecule has 1 amide bonds. The Balaban J connectivity index is 1.75. The molecule has 0 bridgehead atoms. The molecule has 0 N–H and O–H groups in total. The highest BCUT2D eigenvalue weighted by atomic mass is 16.5. The topological polar surface area (TPSA) is 60.2 Å². The maximum absolute atomic E-state index is 12.5. The zero-order valence-corrected chi connectivity index (χ0v) is 12.0. The molecule has 0 radical (unpaired) electrons. The normalized spacial score (nSPS) is 18.7. The molecule has 0 spiro atoms. The van der Waals surface area contributed by atoms with Crippen LogP contribution in [0.15, 0.2) is 36.5 Å². The quantitative estimate of drug-likeness (QED) is 0.858. The first-order valence-electron chi connectivity index (χ1n) is 7.16. The molecule has 1 aliphatic heterocycles. The van der Waals surface area contributed by atoms with Gasteiger partial charge in [-0.05, 0) is 18.6 Å². The van der Waals surface area contributed by atoms with Gasteiger partial charge < -0.3 is 9.64 Å². The summed E-state index contributed by atoms with van der Waals surface area (Å²) in [5.41, 5.74) is 1.26. The number of aromatic nitrogens is 3. The number of hydrogen-bond acceptors (Lipinski definition) is 4. The number of para-hydroxylation sites is 1. The molecule has 21 heavy (non-hydrogen) atoms. The molecule has 6 nitrogen and oxygen atoms in total. The first kappa shape index (κ1) is 13.8. The van der Waals surface area contributed by atoms with E-state index < -0.39 is 0 Å². The van der Waals surface area contributed by atoms with Crippen molar-refractivity contribution in [2.75, 3.05) is 19.7 Å². The van der Waals surface area contributed by atoms with Gasteiger partial charge in [-0.3, -0.25) is 4.79 Å². The Kier molecular flexibility index (Phi) is 3.96. The van der Waals surface area contributed by atoms with Crippen molar-refractivity contribution in [3.63, 3.8) is 0 Å². The summed E-state index contributed by atoms with van der Waals surface area (Å²) in [6, 6.07) is 9.62. The van der Waals surface area contributed by atoms with Crippen LogP contribution in [0.5, 0.6) is 0 Å². The Hall–Kier alpha value is -2.21. The van der Waals surface area contributed by atoms with E-state index in [4.69, 9.17) is 4.74 Å². The number of ether oxygens (including phenoxy) is 1. The number of amides is 1. The summed E-state index contributed by atoms with van der Waals surface area (Å²) >= 11 is 0. The lowest BCUT2D eigenvalue weighted by molar-refractivity contribution is -0.0228. The fourth-order valence-corrected chi connectivity index (χ4v) is 2.38. The van der Waals surface area contributed by atoms with Crippen molar-refractivity contribution < 1.29 is 9.53 Å². The van der Waals surface area contributed by atoms with Crippen LogP contribution in [0.25, 0.3) is 5.69 Å². The molecule has 110 valence electrons. The number of morpholine rings is 1. The Labute approximate surface area is 123 Å². The van der Waals surface area contributed by atoms with Gasteiger partial charge in [0.15, 0.2) is 5.69 Å². The van der Waals surface area contributed by atoms with E-state index >= 15 is 0 Å². The fraction of sp³-hybridized carbons (Fsp3) is 0.400. The number of hydrogen-bond donors (Lipinski definition) is 0. The molecular weight excluding hydrogens is 268 g/mol.